The molecule has 0 saturated carbocycles. The van der Waals surface area contributed by atoms with Gasteiger partial charge in [-0.25, -0.2) is 0 Å². The highest BCUT2D eigenvalue weighted by Gasteiger charge is 1.91. The number of nitrogens with one attached hydrogen (secondary N) is 1. The minimum atomic E-state index is 0.680. The predicted octanol–water partition coefficient (Wildman–Crippen LogP) is 1.37. The summed E-state index contributed by atoms with van der Waals surface area (Å²) in [5.74, 6) is 0. The van der Waals surface area contributed by atoms with Gasteiger partial charge in [0.05, 0.1) is 12.9 Å². The molecular weight excluding hydrogens is 176 g/mol. The second kappa shape index (κ2) is 7.09. The smallest absolute Gasteiger partial charge is 0.0997 e. The maximum atomic E-state index is 4.98. The van der Waals surface area contributed by atoms with Gasteiger partial charge in [0, 0.05) is 18.9 Å². The van der Waals surface area contributed by atoms with Crippen LogP contribution in [0.4, 0.5) is 0 Å². The van der Waals surface area contributed by atoms with Crippen molar-refractivity contribution < 1.29 is 4.74 Å². The van der Waals surface area contributed by atoms with Crippen LogP contribution < -0.4 is 5.32 Å². The summed E-state index contributed by atoms with van der Waals surface area (Å²) < 4.78 is 4.98. The van der Waals surface area contributed by atoms with E-state index in [1.54, 1.807) is 0 Å². The van der Waals surface area contributed by atoms with Crippen LogP contribution >= 0.6 is 0 Å². The normalized spacial score (nSPS) is 9.71. The first-order valence-corrected chi connectivity index (χ1v) is 4.75. The van der Waals surface area contributed by atoms with Crippen molar-refractivity contribution >= 4 is 0 Å². The summed E-state index contributed by atoms with van der Waals surface area (Å²) in [5, 5.41) is 3.28. The first kappa shape index (κ1) is 10.7. The van der Waals surface area contributed by atoms with E-state index in [1.807, 2.05) is 24.5 Å². The van der Waals surface area contributed by atoms with Crippen LogP contribution in [0, 0.1) is 0 Å². The lowest BCUT2D eigenvalue weighted by atomic mass is 10.2. The quantitative estimate of drug-likeness (QED) is 0.523. The van der Waals surface area contributed by atoms with Gasteiger partial charge in [-0.3, -0.25) is 4.98 Å². The average Bonchev–Trinajstić information content (AvgIpc) is 2.25. The van der Waals surface area contributed by atoms with Crippen LogP contribution in [0.2, 0.25) is 0 Å². The average molecular weight is 192 g/mol. The maximum Gasteiger partial charge on any atom is 0.0997 e. The zero-order chi connectivity index (χ0) is 10.1. The molecule has 0 unspecified atom stereocenters. The molecule has 0 spiro atoms. The Morgan fingerprint density at radius 2 is 2.14 bits per heavy atom. The third-order valence-electron chi connectivity index (χ3n) is 1.85. The van der Waals surface area contributed by atoms with Crippen LogP contribution in [0.1, 0.15) is 5.56 Å². The summed E-state index contributed by atoms with van der Waals surface area (Å²) in [6.45, 7) is 5.97. The Hall–Kier alpha value is -1.35. The molecule has 0 radical (unpaired) electrons. The summed E-state index contributed by atoms with van der Waals surface area (Å²) in [7, 11) is 0. The predicted molar refractivity (Wildman–Crippen MR) is 57.0 cm³/mol. The van der Waals surface area contributed by atoms with Crippen LogP contribution in [0.3, 0.4) is 0 Å². The lowest BCUT2D eigenvalue weighted by molar-refractivity contribution is 0.250. The van der Waals surface area contributed by atoms with Crippen molar-refractivity contribution in [1.82, 2.24) is 10.3 Å². The molecule has 3 nitrogen and oxygen atoms in total. The molecule has 1 heterocycles. The van der Waals surface area contributed by atoms with Crippen molar-refractivity contribution in [1.29, 1.82) is 0 Å². The lowest BCUT2D eigenvalue weighted by Gasteiger charge is -2.04. The zero-order valence-electron chi connectivity index (χ0n) is 8.28. The van der Waals surface area contributed by atoms with Crippen molar-refractivity contribution in [3.05, 3.63) is 42.9 Å². The van der Waals surface area contributed by atoms with Crippen molar-refractivity contribution in [3.63, 3.8) is 0 Å². The minimum Gasteiger partial charge on any atom is -0.500 e. The highest BCUT2D eigenvalue weighted by atomic mass is 16.5. The van der Waals surface area contributed by atoms with Crippen LogP contribution in [-0.4, -0.2) is 24.7 Å². The Morgan fingerprint density at radius 3 is 2.86 bits per heavy atom. The third-order valence-corrected chi connectivity index (χ3v) is 1.85. The van der Waals surface area contributed by atoms with E-state index in [9.17, 15) is 0 Å². The van der Waals surface area contributed by atoms with Gasteiger partial charge in [0.25, 0.3) is 0 Å². The second-order valence-corrected chi connectivity index (χ2v) is 2.89. The van der Waals surface area contributed by atoms with Crippen LogP contribution in [-0.2, 0) is 11.2 Å². The van der Waals surface area contributed by atoms with Gasteiger partial charge in [-0.05, 0) is 30.7 Å². The highest BCUT2D eigenvalue weighted by Crippen LogP contribution is 1.95. The maximum absolute atomic E-state index is 4.98. The molecule has 76 valence electrons. The first-order chi connectivity index (χ1) is 6.93. The minimum absolute atomic E-state index is 0.680. The summed E-state index contributed by atoms with van der Waals surface area (Å²) in [4.78, 5) is 3.96. The molecule has 0 fully saturated rings. The second-order valence-electron chi connectivity index (χ2n) is 2.89. The van der Waals surface area contributed by atoms with Gasteiger partial charge >= 0.3 is 0 Å². The van der Waals surface area contributed by atoms with Crippen LogP contribution in [0.5, 0.6) is 0 Å². The summed E-state index contributed by atoms with van der Waals surface area (Å²) in [5.41, 5.74) is 1.30. The Bertz CT molecular complexity index is 249. The Labute approximate surface area is 84.8 Å². The SMILES string of the molecule is C=COCCNCCc1ccncc1. The molecule has 0 aliphatic heterocycles. The van der Waals surface area contributed by atoms with Gasteiger partial charge < -0.3 is 10.1 Å². The number of rotatable bonds is 7. The molecule has 0 aromatic carbocycles. The highest BCUT2D eigenvalue weighted by molar-refractivity contribution is 5.09. The molecule has 14 heavy (non-hydrogen) atoms. The number of nitrogens with zero attached hydrogens (tertiary/aromatic N) is 1. The van der Waals surface area contributed by atoms with Crippen molar-refractivity contribution in [2.45, 2.75) is 6.42 Å². The largest absolute Gasteiger partial charge is 0.500 e. The van der Waals surface area contributed by atoms with E-state index in [4.69, 9.17) is 4.74 Å². The Kier molecular flexibility index (Phi) is 5.43. The van der Waals surface area contributed by atoms with Gasteiger partial charge in [-0.15, -0.1) is 0 Å². The molecule has 0 saturated heterocycles. The third kappa shape index (κ3) is 4.62. The molecule has 0 bridgehead atoms. The number of ether oxygens (including phenoxy) is 1. The van der Waals surface area contributed by atoms with Gasteiger partial charge in [-0.2, -0.15) is 0 Å². The molecule has 0 aliphatic rings. The van der Waals surface area contributed by atoms with Crippen molar-refractivity contribution in [2.24, 2.45) is 0 Å². The molecule has 1 aromatic rings. The molecule has 0 atom stereocenters. The number of pyridine rings is 1. The van der Waals surface area contributed by atoms with Gasteiger partial charge in [0.1, 0.15) is 0 Å². The Balaban J connectivity index is 2.02. The lowest BCUT2D eigenvalue weighted by Crippen LogP contribution is -2.21. The first-order valence-electron chi connectivity index (χ1n) is 4.75. The summed E-state index contributed by atoms with van der Waals surface area (Å²) in [6.07, 6.45) is 6.12. The molecule has 3 heteroatoms. The van der Waals surface area contributed by atoms with E-state index in [0.717, 1.165) is 19.5 Å². The fourth-order valence-electron chi connectivity index (χ4n) is 1.12. The Morgan fingerprint density at radius 1 is 1.36 bits per heavy atom. The number of hydrogen-bond donors (Lipinski definition) is 1. The topological polar surface area (TPSA) is 34.1 Å². The van der Waals surface area contributed by atoms with E-state index in [2.05, 4.69) is 16.9 Å². The summed E-state index contributed by atoms with van der Waals surface area (Å²) in [6, 6.07) is 4.06. The van der Waals surface area contributed by atoms with Crippen molar-refractivity contribution in [3.8, 4) is 0 Å². The summed E-state index contributed by atoms with van der Waals surface area (Å²) >= 11 is 0. The zero-order valence-corrected chi connectivity index (χ0v) is 8.28. The molecular formula is C11H16N2O. The van der Waals surface area contributed by atoms with E-state index >= 15 is 0 Å². The van der Waals surface area contributed by atoms with Gasteiger partial charge in [-0.1, -0.05) is 6.58 Å². The van der Waals surface area contributed by atoms with E-state index in [0.29, 0.717) is 6.61 Å². The van der Waals surface area contributed by atoms with Crippen LogP contribution in [0.15, 0.2) is 37.4 Å². The van der Waals surface area contributed by atoms with E-state index < -0.39 is 0 Å². The number of hydrogen-bond acceptors (Lipinski definition) is 3. The van der Waals surface area contributed by atoms with E-state index in [1.165, 1.54) is 11.8 Å². The molecule has 0 amide bonds. The number of aromatic nitrogens is 1. The standard InChI is InChI=1S/C11H16N2O/c1-2-14-10-9-13-8-5-11-3-6-12-7-4-11/h2-4,6-7,13H,1,5,8-10H2. The fourth-order valence-corrected chi connectivity index (χ4v) is 1.12. The fraction of sp³-hybridized carbons (Fsp3) is 0.364. The molecule has 1 aromatic heterocycles. The van der Waals surface area contributed by atoms with Crippen LogP contribution in [0.25, 0.3) is 0 Å². The van der Waals surface area contributed by atoms with Gasteiger partial charge in [0.2, 0.25) is 0 Å². The monoisotopic (exact) mass is 192 g/mol. The molecule has 0 aliphatic carbocycles. The molecule has 1 N–H and O–H groups in total. The van der Waals surface area contributed by atoms with Crippen molar-refractivity contribution in [2.75, 3.05) is 19.7 Å². The molecule has 1 rings (SSSR count). The van der Waals surface area contributed by atoms with E-state index in [-0.39, 0.29) is 0 Å². The van der Waals surface area contributed by atoms with Gasteiger partial charge in [0.15, 0.2) is 0 Å².